The van der Waals surface area contributed by atoms with Gasteiger partial charge in [0.25, 0.3) is 5.89 Å². The summed E-state index contributed by atoms with van der Waals surface area (Å²) in [5.41, 5.74) is 9.34. The smallest absolute Gasteiger partial charge is 0.258 e. The zero-order valence-corrected chi connectivity index (χ0v) is 10.5. The molecule has 0 aliphatic rings. The number of hydrogen-bond acceptors (Lipinski definition) is 4. The van der Waals surface area contributed by atoms with Gasteiger partial charge >= 0.3 is 0 Å². The van der Waals surface area contributed by atoms with Crippen LogP contribution in [0.15, 0.2) is 53.1 Å². The molecule has 4 nitrogen and oxygen atoms in total. The van der Waals surface area contributed by atoms with Gasteiger partial charge in [-0.05, 0) is 37.3 Å². The van der Waals surface area contributed by atoms with Crippen molar-refractivity contribution in [3.63, 3.8) is 0 Å². The Labute approximate surface area is 110 Å². The largest absolute Gasteiger partial charge is 0.399 e. The summed E-state index contributed by atoms with van der Waals surface area (Å²) in [6.07, 6.45) is 0. The molecule has 1 heterocycles. The van der Waals surface area contributed by atoms with Gasteiger partial charge in [0.2, 0.25) is 5.82 Å². The van der Waals surface area contributed by atoms with Crippen molar-refractivity contribution in [2.75, 3.05) is 5.73 Å². The SMILES string of the molecule is Cc1cccc(-c2noc(-c3ccc(N)cc3)n2)c1. The van der Waals surface area contributed by atoms with Crippen LogP contribution in [0.25, 0.3) is 22.8 Å². The van der Waals surface area contributed by atoms with Crippen LogP contribution in [0.1, 0.15) is 5.56 Å². The Hall–Kier alpha value is -2.62. The molecule has 0 bridgehead atoms. The van der Waals surface area contributed by atoms with Crippen LogP contribution in [0.3, 0.4) is 0 Å². The Kier molecular flexibility index (Phi) is 2.76. The standard InChI is InChI=1S/C15H13N3O/c1-10-3-2-4-12(9-10)14-17-15(19-18-14)11-5-7-13(16)8-6-11/h2-9H,16H2,1H3. The fourth-order valence-electron chi connectivity index (χ4n) is 1.87. The molecule has 0 unspecified atom stereocenters. The second-order valence-corrected chi connectivity index (χ2v) is 4.41. The van der Waals surface area contributed by atoms with Crippen molar-refractivity contribution < 1.29 is 4.52 Å². The second-order valence-electron chi connectivity index (χ2n) is 4.41. The molecule has 0 spiro atoms. The minimum Gasteiger partial charge on any atom is -0.399 e. The zero-order valence-electron chi connectivity index (χ0n) is 10.5. The molecule has 3 rings (SSSR count). The van der Waals surface area contributed by atoms with E-state index >= 15 is 0 Å². The van der Waals surface area contributed by atoms with Crippen molar-refractivity contribution >= 4 is 5.69 Å². The van der Waals surface area contributed by atoms with E-state index in [4.69, 9.17) is 10.3 Å². The van der Waals surface area contributed by atoms with Crippen LogP contribution in [-0.4, -0.2) is 10.1 Å². The van der Waals surface area contributed by atoms with E-state index in [9.17, 15) is 0 Å². The molecular weight excluding hydrogens is 238 g/mol. The van der Waals surface area contributed by atoms with Crippen LogP contribution < -0.4 is 5.73 Å². The van der Waals surface area contributed by atoms with Crippen molar-refractivity contribution in [1.29, 1.82) is 0 Å². The first kappa shape index (κ1) is 11.5. The van der Waals surface area contributed by atoms with Gasteiger partial charge in [-0.1, -0.05) is 28.9 Å². The monoisotopic (exact) mass is 251 g/mol. The molecule has 19 heavy (non-hydrogen) atoms. The van der Waals surface area contributed by atoms with Gasteiger partial charge in [0.05, 0.1) is 0 Å². The van der Waals surface area contributed by atoms with Crippen LogP contribution in [0, 0.1) is 6.92 Å². The average molecular weight is 251 g/mol. The third-order valence-corrected chi connectivity index (χ3v) is 2.86. The van der Waals surface area contributed by atoms with Crippen LogP contribution in [-0.2, 0) is 0 Å². The number of rotatable bonds is 2. The predicted octanol–water partition coefficient (Wildman–Crippen LogP) is 3.29. The third-order valence-electron chi connectivity index (χ3n) is 2.86. The van der Waals surface area contributed by atoms with Crippen molar-refractivity contribution in [3.8, 4) is 22.8 Å². The summed E-state index contributed by atoms with van der Waals surface area (Å²) < 4.78 is 5.28. The maximum absolute atomic E-state index is 5.65. The highest BCUT2D eigenvalue weighted by Gasteiger charge is 2.10. The van der Waals surface area contributed by atoms with Gasteiger partial charge in [0.15, 0.2) is 0 Å². The molecule has 0 aliphatic heterocycles. The fraction of sp³-hybridized carbons (Fsp3) is 0.0667. The first-order valence-electron chi connectivity index (χ1n) is 5.99. The molecule has 0 atom stereocenters. The maximum Gasteiger partial charge on any atom is 0.258 e. The third kappa shape index (κ3) is 2.33. The highest BCUT2D eigenvalue weighted by Crippen LogP contribution is 2.23. The quantitative estimate of drug-likeness (QED) is 0.710. The molecule has 2 aromatic carbocycles. The minimum absolute atomic E-state index is 0.497. The van der Waals surface area contributed by atoms with Crippen molar-refractivity contribution in [2.24, 2.45) is 0 Å². The lowest BCUT2D eigenvalue weighted by molar-refractivity contribution is 0.432. The first-order chi connectivity index (χ1) is 9.22. The highest BCUT2D eigenvalue weighted by atomic mass is 16.5. The van der Waals surface area contributed by atoms with E-state index in [1.807, 2.05) is 55.5 Å². The first-order valence-corrected chi connectivity index (χ1v) is 5.99. The van der Waals surface area contributed by atoms with Crippen LogP contribution >= 0.6 is 0 Å². The minimum atomic E-state index is 0.497. The summed E-state index contributed by atoms with van der Waals surface area (Å²) >= 11 is 0. The summed E-state index contributed by atoms with van der Waals surface area (Å²) in [7, 11) is 0. The Morgan fingerprint density at radius 1 is 1.00 bits per heavy atom. The van der Waals surface area contributed by atoms with Crippen LogP contribution in [0.2, 0.25) is 0 Å². The maximum atomic E-state index is 5.65. The van der Waals surface area contributed by atoms with E-state index in [1.54, 1.807) is 0 Å². The molecular formula is C15H13N3O. The normalized spacial score (nSPS) is 10.6. The van der Waals surface area contributed by atoms with Gasteiger partial charge in [-0.15, -0.1) is 0 Å². The molecule has 0 radical (unpaired) electrons. The zero-order chi connectivity index (χ0) is 13.2. The number of benzene rings is 2. The van der Waals surface area contributed by atoms with Crippen LogP contribution in [0.4, 0.5) is 5.69 Å². The molecule has 94 valence electrons. The Balaban J connectivity index is 1.97. The Bertz CT molecular complexity index is 701. The molecule has 1 aromatic heterocycles. The molecule has 0 saturated carbocycles. The molecule has 0 fully saturated rings. The Morgan fingerprint density at radius 2 is 1.79 bits per heavy atom. The lowest BCUT2D eigenvalue weighted by Crippen LogP contribution is -1.84. The summed E-state index contributed by atoms with van der Waals surface area (Å²) in [5.74, 6) is 1.09. The molecule has 0 saturated heterocycles. The van der Waals surface area contributed by atoms with Gasteiger partial charge in [-0.2, -0.15) is 4.98 Å². The van der Waals surface area contributed by atoms with Gasteiger partial charge in [-0.25, -0.2) is 0 Å². The topological polar surface area (TPSA) is 64.9 Å². The van der Waals surface area contributed by atoms with Crippen molar-refractivity contribution in [2.45, 2.75) is 6.92 Å². The number of anilines is 1. The predicted molar refractivity (Wildman–Crippen MR) is 74.3 cm³/mol. The van der Waals surface area contributed by atoms with Crippen LogP contribution in [0.5, 0.6) is 0 Å². The number of aryl methyl sites for hydroxylation is 1. The molecule has 0 aliphatic carbocycles. The van der Waals surface area contributed by atoms with E-state index in [2.05, 4.69) is 10.1 Å². The van der Waals surface area contributed by atoms with E-state index < -0.39 is 0 Å². The van der Waals surface area contributed by atoms with E-state index in [1.165, 1.54) is 0 Å². The molecule has 3 aromatic rings. The summed E-state index contributed by atoms with van der Waals surface area (Å²) in [6, 6.07) is 15.3. The highest BCUT2D eigenvalue weighted by molar-refractivity contribution is 5.61. The lowest BCUT2D eigenvalue weighted by atomic mass is 10.1. The number of nitrogens with two attached hydrogens (primary N) is 1. The van der Waals surface area contributed by atoms with Crippen molar-refractivity contribution in [1.82, 2.24) is 10.1 Å². The van der Waals surface area contributed by atoms with Gasteiger partial charge in [-0.3, -0.25) is 0 Å². The number of nitrogens with zero attached hydrogens (tertiary/aromatic N) is 2. The van der Waals surface area contributed by atoms with Gasteiger partial charge in [0, 0.05) is 16.8 Å². The van der Waals surface area contributed by atoms with E-state index in [-0.39, 0.29) is 0 Å². The number of hydrogen-bond donors (Lipinski definition) is 1. The summed E-state index contributed by atoms with van der Waals surface area (Å²) in [4.78, 5) is 4.40. The summed E-state index contributed by atoms with van der Waals surface area (Å²) in [5, 5.41) is 4.01. The molecule has 2 N–H and O–H groups in total. The Morgan fingerprint density at radius 3 is 2.53 bits per heavy atom. The fourth-order valence-corrected chi connectivity index (χ4v) is 1.87. The van der Waals surface area contributed by atoms with E-state index in [0.717, 1.165) is 16.7 Å². The number of nitrogen functional groups attached to an aromatic ring is 1. The average Bonchev–Trinajstić information content (AvgIpc) is 2.89. The lowest BCUT2D eigenvalue weighted by Gasteiger charge is -1.96. The van der Waals surface area contributed by atoms with Gasteiger partial charge < -0.3 is 10.3 Å². The molecule has 0 amide bonds. The van der Waals surface area contributed by atoms with E-state index in [0.29, 0.717) is 17.4 Å². The second kappa shape index (κ2) is 4.57. The summed E-state index contributed by atoms with van der Waals surface area (Å²) in [6.45, 7) is 2.03. The van der Waals surface area contributed by atoms with Crippen molar-refractivity contribution in [3.05, 3.63) is 54.1 Å². The molecule has 4 heteroatoms. The van der Waals surface area contributed by atoms with Gasteiger partial charge in [0.1, 0.15) is 0 Å². The number of aromatic nitrogens is 2.